The predicted molar refractivity (Wildman–Crippen MR) is 136 cm³/mol. The molecule has 1 amide bonds. The number of benzene rings is 2. The van der Waals surface area contributed by atoms with E-state index in [1.54, 1.807) is 6.07 Å². The zero-order valence-electron chi connectivity index (χ0n) is 20.9. The summed E-state index contributed by atoms with van der Waals surface area (Å²) in [7, 11) is 0. The maximum atomic E-state index is 14.0. The smallest absolute Gasteiger partial charge is 0.418 e. The number of piperidine rings is 1. The van der Waals surface area contributed by atoms with Crippen molar-refractivity contribution in [2.45, 2.75) is 50.2 Å². The number of rotatable bonds is 8. The van der Waals surface area contributed by atoms with Crippen molar-refractivity contribution < 1.29 is 27.8 Å². The number of hydrogen-bond donors (Lipinski definition) is 2. The van der Waals surface area contributed by atoms with Crippen LogP contribution >= 0.6 is 11.6 Å². The largest absolute Gasteiger partial charge is 0.492 e. The molecule has 0 radical (unpaired) electrons. The van der Waals surface area contributed by atoms with Crippen LogP contribution in [-0.4, -0.2) is 63.8 Å². The molecule has 0 bridgehead atoms. The maximum Gasteiger partial charge on any atom is 0.418 e. The summed E-state index contributed by atoms with van der Waals surface area (Å²) in [6.07, 6.45) is -2.27. The number of aromatic nitrogens is 3. The van der Waals surface area contributed by atoms with Gasteiger partial charge in [-0.15, -0.1) is 5.10 Å². The molecule has 5 rings (SSSR count). The Morgan fingerprint density at radius 3 is 2.68 bits per heavy atom. The third kappa shape index (κ3) is 4.83. The molecule has 2 aromatic carbocycles. The zero-order chi connectivity index (χ0) is 27.1. The van der Waals surface area contributed by atoms with Gasteiger partial charge < -0.3 is 15.2 Å². The standard InChI is InChI=1S/C26H29ClF3N5O3/c1-2-3-17(15-36)35-23-20(26(28,29)30)13-18(14-22(23)32-33-35)38-11-10-34-8-6-25(7-9-34)19-12-16(27)4-5-21(19)31-24(25)37/h4-5,12-14,17,36H,2-3,6-11,15H2,1H3,(H,31,37)/t17-/m0/s1. The number of nitrogens with zero attached hydrogens (tertiary/aromatic N) is 4. The number of hydrogen-bond acceptors (Lipinski definition) is 6. The summed E-state index contributed by atoms with van der Waals surface area (Å²) < 4.78 is 48.9. The van der Waals surface area contributed by atoms with Crippen LogP contribution in [0.2, 0.25) is 5.02 Å². The number of likely N-dealkylation sites (tertiary alicyclic amines) is 1. The molecule has 0 aliphatic carbocycles. The van der Waals surface area contributed by atoms with Crippen molar-refractivity contribution in [1.29, 1.82) is 0 Å². The first-order chi connectivity index (χ1) is 18.2. The molecule has 2 aliphatic rings. The first-order valence-electron chi connectivity index (χ1n) is 12.7. The van der Waals surface area contributed by atoms with Gasteiger partial charge in [0.15, 0.2) is 0 Å². The van der Waals surface area contributed by atoms with Crippen LogP contribution in [0.25, 0.3) is 11.0 Å². The quantitative estimate of drug-likeness (QED) is 0.418. The van der Waals surface area contributed by atoms with Crippen molar-refractivity contribution in [3.63, 3.8) is 0 Å². The Hall–Kier alpha value is -2.89. The topological polar surface area (TPSA) is 92.5 Å². The molecule has 12 heteroatoms. The molecule has 1 atom stereocenters. The molecule has 38 heavy (non-hydrogen) atoms. The fraction of sp³-hybridized carbons (Fsp3) is 0.500. The molecule has 1 spiro atoms. The van der Waals surface area contributed by atoms with Gasteiger partial charge in [-0.25, -0.2) is 4.68 Å². The summed E-state index contributed by atoms with van der Waals surface area (Å²) in [6, 6.07) is 7.25. The summed E-state index contributed by atoms with van der Waals surface area (Å²) in [4.78, 5) is 15.0. The van der Waals surface area contributed by atoms with Gasteiger partial charge in [0, 0.05) is 23.3 Å². The van der Waals surface area contributed by atoms with Gasteiger partial charge in [-0.1, -0.05) is 30.2 Å². The highest BCUT2D eigenvalue weighted by Crippen LogP contribution is 2.46. The second-order valence-corrected chi connectivity index (χ2v) is 10.3. The Labute approximate surface area is 222 Å². The minimum atomic E-state index is -4.65. The van der Waals surface area contributed by atoms with Crippen LogP contribution in [0.1, 0.15) is 49.8 Å². The Balaban J connectivity index is 1.26. The van der Waals surface area contributed by atoms with Crippen molar-refractivity contribution in [3.05, 3.63) is 46.5 Å². The third-order valence-electron chi connectivity index (χ3n) is 7.59. The molecular weight excluding hydrogens is 523 g/mol. The van der Waals surface area contributed by atoms with Gasteiger partial charge in [-0.2, -0.15) is 13.2 Å². The van der Waals surface area contributed by atoms with Gasteiger partial charge in [0.2, 0.25) is 5.91 Å². The van der Waals surface area contributed by atoms with E-state index in [4.69, 9.17) is 16.3 Å². The van der Waals surface area contributed by atoms with E-state index in [-0.39, 0.29) is 35.9 Å². The average molecular weight is 552 g/mol. The van der Waals surface area contributed by atoms with Gasteiger partial charge >= 0.3 is 6.18 Å². The normalized spacial score (nSPS) is 18.1. The number of halogens is 4. The highest BCUT2D eigenvalue weighted by Gasteiger charge is 2.48. The number of carbonyl (C=O) groups excluding carboxylic acids is 1. The minimum absolute atomic E-state index is 0.0194. The van der Waals surface area contributed by atoms with Crippen LogP contribution in [0.3, 0.4) is 0 Å². The monoisotopic (exact) mass is 551 g/mol. The lowest BCUT2D eigenvalue weighted by atomic mass is 9.73. The Kier molecular flexibility index (Phi) is 7.27. The summed E-state index contributed by atoms with van der Waals surface area (Å²) in [6.45, 7) is 3.51. The highest BCUT2D eigenvalue weighted by molar-refractivity contribution is 6.31. The predicted octanol–water partition coefficient (Wildman–Crippen LogP) is 4.80. The molecule has 1 fully saturated rings. The number of fused-ring (bicyclic) bond motifs is 3. The van der Waals surface area contributed by atoms with Crippen LogP contribution < -0.4 is 10.1 Å². The van der Waals surface area contributed by atoms with Crippen LogP contribution in [0.4, 0.5) is 18.9 Å². The highest BCUT2D eigenvalue weighted by atomic mass is 35.5. The second-order valence-electron chi connectivity index (χ2n) is 9.91. The van der Waals surface area contributed by atoms with Gasteiger partial charge in [0.1, 0.15) is 23.4 Å². The summed E-state index contributed by atoms with van der Waals surface area (Å²) in [5, 5.41) is 21.1. The lowest BCUT2D eigenvalue weighted by Gasteiger charge is -2.38. The van der Waals surface area contributed by atoms with Crippen LogP contribution in [-0.2, 0) is 16.4 Å². The van der Waals surface area contributed by atoms with Crippen molar-refractivity contribution in [2.24, 2.45) is 0 Å². The van der Waals surface area contributed by atoms with E-state index in [2.05, 4.69) is 20.5 Å². The van der Waals surface area contributed by atoms with Crippen LogP contribution in [0.5, 0.6) is 5.75 Å². The summed E-state index contributed by atoms with van der Waals surface area (Å²) in [5.74, 6) is 0.0363. The molecule has 8 nitrogen and oxygen atoms in total. The Morgan fingerprint density at radius 1 is 1.24 bits per heavy atom. The number of ether oxygens (including phenoxy) is 1. The number of aliphatic hydroxyl groups is 1. The van der Waals surface area contributed by atoms with Gasteiger partial charge in [-0.05, 0) is 62.2 Å². The van der Waals surface area contributed by atoms with E-state index >= 15 is 0 Å². The first kappa shape index (κ1) is 26.7. The number of aliphatic hydroxyl groups excluding tert-OH is 1. The van der Waals surface area contributed by atoms with E-state index in [0.29, 0.717) is 50.3 Å². The molecule has 3 aromatic rings. The number of alkyl halides is 3. The molecule has 3 heterocycles. The number of carbonyl (C=O) groups is 1. The van der Waals surface area contributed by atoms with Crippen molar-refractivity contribution >= 4 is 34.2 Å². The summed E-state index contributed by atoms with van der Waals surface area (Å²) >= 11 is 6.19. The number of nitrogens with one attached hydrogen (secondary N) is 1. The molecule has 2 N–H and O–H groups in total. The molecular formula is C26H29ClF3N5O3. The lowest BCUT2D eigenvalue weighted by molar-refractivity contribution is -0.136. The van der Waals surface area contributed by atoms with E-state index in [1.165, 1.54) is 10.7 Å². The zero-order valence-corrected chi connectivity index (χ0v) is 21.6. The van der Waals surface area contributed by atoms with Crippen LogP contribution in [0.15, 0.2) is 30.3 Å². The maximum absolute atomic E-state index is 14.0. The van der Waals surface area contributed by atoms with E-state index in [0.717, 1.165) is 17.3 Å². The molecule has 0 unspecified atom stereocenters. The third-order valence-corrected chi connectivity index (χ3v) is 7.83. The Morgan fingerprint density at radius 2 is 2.00 bits per heavy atom. The minimum Gasteiger partial charge on any atom is -0.492 e. The Bertz CT molecular complexity index is 1340. The molecule has 0 saturated carbocycles. The average Bonchev–Trinajstić information content (AvgIpc) is 3.41. The van der Waals surface area contributed by atoms with Gasteiger partial charge in [-0.3, -0.25) is 9.69 Å². The van der Waals surface area contributed by atoms with Crippen molar-refractivity contribution in [2.75, 3.05) is 38.2 Å². The van der Waals surface area contributed by atoms with Gasteiger partial charge in [0.05, 0.1) is 23.6 Å². The van der Waals surface area contributed by atoms with E-state index < -0.39 is 23.2 Å². The fourth-order valence-corrected chi connectivity index (χ4v) is 5.74. The number of amides is 1. The van der Waals surface area contributed by atoms with Gasteiger partial charge in [0.25, 0.3) is 0 Å². The summed E-state index contributed by atoms with van der Waals surface area (Å²) in [5.41, 5.74) is 0.121. The molecule has 1 aromatic heterocycles. The number of anilines is 1. The first-order valence-corrected chi connectivity index (χ1v) is 13.1. The second kappa shape index (κ2) is 10.3. The molecule has 1 saturated heterocycles. The lowest BCUT2D eigenvalue weighted by Crippen LogP contribution is -2.47. The van der Waals surface area contributed by atoms with E-state index in [9.17, 15) is 23.1 Å². The fourth-order valence-electron chi connectivity index (χ4n) is 5.56. The molecule has 2 aliphatic heterocycles. The van der Waals surface area contributed by atoms with Crippen LogP contribution in [0, 0.1) is 0 Å². The van der Waals surface area contributed by atoms with Crippen molar-refractivity contribution in [3.8, 4) is 5.75 Å². The van der Waals surface area contributed by atoms with Crippen molar-refractivity contribution in [1.82, 2.24) is 19.9 Å². The SMILES string of the molecule is CCC[C@@H](CO)n1nnc2cc(OCCN3CCC4(CC3)C(=O)Nc3ccc(Cl)cc34)cc(C(F)(F)F)c21. The van der Waals surface area contributed by atoms with E-state index in [1.807, 2.05) is 19.1 Å². The molecule has 204 valence electrons.